The molecule has 116 valence electrons. The van der Waals surface area contributed by atoms with Crippen molar-refractivity contribution in [1.82, 2.24) is 4.90 Å². The highest BCUT2D eigenvalue weighted by atomic mass is 19.1. The second-order valence-corrected chi connectivity index (χ2v) is 6.23. The van der Waals surface area contributed by atoms with Crippen LogP contribution in [0.15, 0.2) is 23.4 Å². The molecule has 21 heavy (non-hydrogen) atoms. The minimum atomic E-state index is -0.303. The highest BCUT2D eigenvalue weighted by Gasteiger charge is 2.28. The van der Waals surface area contributed by atoms with E-state index in [4.69, 9.17) is 10.9 Å². The van der Waals surface area contributed by atoms with E-state index < -0.39 is 0 Å². The maximum Gasteiger partial charge on any atom is 0.170 e. The standard InChI is InChI=1S/C16H24FN3O/c1-3-16(2)6-8-20(9-7-16)11-13-5-4-12(10-14(13)17)15(18)19-21/h4-5,10,21H,3,6-9,11H2,1-2H3,(H2,18,19). The molecule has 2 rings (SSSR count). The van der Waals surface area contributed by atoms with Crippen molar-refractivity contribution < 1.29 is 9.60 Å². The van der Waals surface area contributed by atoms with Crippen LogP contribution in [0.1, 0.15) is 44.2 Å². The van der Waals surface area contributed by atoms with Crippen molar-refractivity contribution in [3.8, 4) is 0 Å². The normalized spacial score (nSPS) is 19.7. The summed E-state index contributed by atoms with van der Waals surface area (Å²) >= 11 is 0. The summed E-state index contributed by atoms with van der Waals surface area (Å²) in [6.45, 7) is 7.19. The van der Waals surface area contributed by atoms with Gasteiger partial charge in [0, 0.05) is 17.7 Å². The number of piperidine rings is 1. The van der Waals surface area contributed by atoms with Crippen LogP contribution in [-0.2, 0) is 6.54 Å². The Bertz CT molecular complexity index is 522. The Kier molecular flexibility index (Phi) is 4.83. The van der Waals surface area contributed by atoms with Gasteiger partial charge < -0.3 is 10.9 Å². The van der Waals surface area contributed by atoms with Crippen LogP contribution in [0.2, 0.25) is 0 Å². The van der Waals surface area contributed by atoms with E-state index in [1.807, 2.05) is 0 Å². The number of amidine groups is 1. The SMILES string of the molecule is CCC1(C)CCN(Cc2ccc(C(N)=NO)cc2F)CC1. The molecule has 0 aliphatic carbocycles. The lowest BCUT2D eigenvalue weighted by atomic mass is 9.78. The zero-order valence-electron chi connectivity index (χ0n) is 12.8. The zero-order chi connectivity index (χ0) is 15.5. The number of hydrogen-bond acceptors (Lipinski definition) is 3. The van der Waals surface area contributed by atoms with E-state index in [0.717, 1.165) is 25.9 Å². The quantitative estimate of drug-likeness (QED) is 0.388. The first-order chi connectivity index (χ1) is 9.97. The Balaban J connectivity index is 2.01. The maximum absolute atomic E-state index is 14.1. The molecule has 1 aliphatic heterocycles. The van der Waals surface area contributed by atoms with Gasteiger partial charge in [-0.15, -0.1) is 0 Å². The molecule has 1 aromatic rings. The van der Waals surface area contributed by atoms with Gasteiger partial charge in [-0.1, -0.05) is 37.6 Å². The van der Waals surface area contributed by atoms with E-state index in [-0.39, 0.29) is 11.7 Å². The van der Waals surface area contributed by atoms with Gasteiger partial charge in [0.2, 0.25) is 0 Å². The number of nitrogens with two attached hydrogens (primary N) is 1. The molecule has 1 aliphatic rings. The van der Waals surface area contributed by atoms with Crippen LogP contribution in [0.3, 0.4) is 0 Å². The molecule has 1 heterocycles. The fourth-order valence-corrected chi connectivity index (χ4v) is 2.74. The van der Waals surface area contributed by atoms with Gasteiger partial charge in [-0.3, -0.25) is 4.90 Å². The molecule has 1 aromatic carbocycles. The van der Waals surface area contributed by atoms with Crippen LogP contribution in [0, 0.1) is 11.2 Å². The van der Waals surface area contributed by atoms with Crippen molar-refractivity contribution in [2.75, 3.05) is 13.1 Å². The minimum Gasteiger partial charge on any atom is -0.409 e. The molecule has 0 amide bonds. The smallest absolute Gasteiger partial charge is 0.170 e. The second-order valence-electron chi connectivity index (χ2n) is 6.23. The zero-order valence-corrected chi connectivity index (χ0v) is 12.8. The number of likely N-dealkylation sites (tertiary alicyclic amines) is 1. The monoisotopic (exact) mass is 293 g/mol. The predicted molar refractivity (Wildman–Crippen MR) is 81.8 cm³/mol. The van der Waals surface area contributed by atoms with Crippen LogP contribution >= 0.6 is 0 Å². The van der Waals surface area contributed by atoms with Crippen LogP contribution in [-0.4, -0.2) is 29.0 Å². The topological polar surface area (TPSA) is 61.8 Å². The second kappa shape index (κ2) is 6.43. The first-order valence-corrected chi connectivity index (χ1v) is 7.46. The Labute approximate surface area is 125 Å². The summed E-state index contributed by atoms with van der Waals surface area (Å²) in [5.74, 6) is -0.375. The minimum absolute atomic E-state index is 0.0721. The summed E-state index contributed by atoms with van der Waals surface area (Å²) in [7, 11) is 0. The summed E-state index contributed by atoms with van der Waals surface area (Å²) in [6, 6.07) is 4.73. The first-order valence-electron chi connectivity index (χ1n) is 7.46. The Morgan fingerprint density at radius 1 is 1.43 bits per heavy atom. The Hall–Kier alpha value is -1.62. The number of nitrogens with zero attached hydrogens (tertiary/aromatic N) is 2. The van der Waals surface area contributed by atoms with Crippen molar-refractivity contribution >= 4 is 5.84 Å². The summed E-state index contributed by atoms with van der Waals surface area (Å²) in [5.41, 5.74) is 6.96. The lowest BCUT2D eigenvalue weighted by molar-refractivity contribution is 0.109. The van der Waals surface area contributed by atoms with Gasteiger partial charge in [-0.05, 0) is 37.4 Å². The molecule has 0 saturated carbocycles. The van der Waals surface area contributed by atoms with E-state index in [9.17, 15) is 4.39 Å². The van der Waals surface area contributed by atoms with Crippen LogP contribution in [0.4, 0.5) is 4.39 Å². The fourth-order valence-electron chi connectivity index (χ4n) is 2.74. The van der Waals surface area contributed by atoms with E-state index in [2.05, 4.69) is 23.9 Å². The van der Waals surface area contributed by atoms with Crippen molar-refractivity contribution in [2.24, 2.45) is 16.3 Å². The van der Waals surface area contributed by atoms with Gasteiger partial charge in [0.1, 0.15) is 5.82 Å². The van der Waals surface area contributed by atoms with E-state index in [1.54, 1.807) is 12.1 Å². The van der Waals surface area contributed by atoms with Gasteiger partial charge in [0.25, 0.3) is 0 Å². The van der Waals surface area contributed by atoms with E-state index >= 15 is 0 Å². The number of rotatable bonds is 4. The van der Waals surface area contributed by atoms with Gasteiger partial charge in [0.15, 0.2) is 5.84 Å². The average Bonchev–Trinajstić information content (AvgIpc) is 2.50. The number of hydrogen-bond donors (Lipinski definition) is 2. The third-order valence-corrected chi connectivity index (χ3v) is 4.77. The van der Waals surface area contributed by atoms with Gasteiger partial charge >= 0.3 is 0 Å². The number of halogens is 1. The highest BCUT2D eigenvalue weighted by Crippen LogP contribution is 2.34. The molecule has 0 radical (unpaired) electrons. The van der Waals surface area contributed by atoms with Crippen molar-refractivity contribution in [2.45, 2.75) is 39.7 Å². The molecule has 3 N–H and O–H groups in total. The molecule has 0 spiro atoms. The van der Waals surface area contributed by atoms with Crippen molar-refractivity contribution in [3.63, 3.8) is 0 Å². The highest BCUT2D eigenvalue weighted by molar-refractivity contribution is 5.97. The summed E-state index contributed by atoms with van der Waals surface area (Å²) < 4.78 is 14.1. The molecule has 0 unspecified atom stereocenters. The number of oxime groups is 1. The number of benzene rings is 1. The van der Waals surface area contributed by atoms with Crippen LogP contribution in [0.25, 0.3) is 0 Å². The van der Waals surface area contributed by atoms with E-state index in [1.165, 1.54) is 12.5 Å². The average molecular weight is 293 g/mol. The van der Waals surface area contributed by atoms with Crippen LogP contribution in [0.5, 0.6) is 0 Å². The van der Waals surface area contributed by atoms with Gasteiger partial charge in [0.05, 0.1) is 0 Å². The molecule has 1 fully saturated rings. The first kappa shape index (κ1) is 15.8. The molecule has 4 nitrogen and oxygen atoms in total. The fraction of sp³-hybridized carbons (Fsp3) is 0.562. The van der Waals surface area contributed by atoms with Gasteiger partial charge in [-0.25, -0.2) is 4.39 Å². The lowest BCUT2D eigenvalue weighted by Crippen LogP contribution is -2.38. The maximum atomic E-state index is 14.1. The largest absolute Gasteiger partial charge is 0.409 e. The third kappa shape index (κ3) is 3.73. The predicted octanol–water partition coefficient (Wildman–Crippen LogP) is 2.93. The summed E-state index contributed by atoms with van der Waals surface area (Å²) in [6.07, 6.45) is 3.52. The lowest BCUT2D eigenvalue weighted by Gasteiger charge is -2.39. The molecule has 1 saturated heterocycles. The Morgan fingerprint density at radius 2 is 2.10 bits per heavy atom. The Morgan fingerprint density at radius 3 is 2.62 bits per heavy atom. The molecular weight excluding hydrogens is 269 g/mol. The molecular formula is C16H24FN3O. The third-order valence-electron chi connectivity index (χ3n) is 4.77. The summed E-state index contributed by atoms with van der Waals surface area (Å²) in [5, 5.41) is 11.5. The molecule has 0 aromatic heterocycles. The molecule has 0 atom stereocenters. The molecule has 5 heteroatoms. The van der Waals surface area contributed by atoms with Gasteiger partial charge in [-0.2, -0.15) is 0 Å². The summed E-state index contributed by atoms with van der Waals surface area (Å²) in [4.78, 5) is 2.29. The van der Waals surface area contributed by atoms with E-state index in [0.29, 0.717) is 23.1 Å². The molecule has 0 bridgehead atoms. The van der Waals surface area contributed by atoms with Crippen LogP contribution < -0.4 is 5.73 Å². The van der Waals surface area contributed by atoms with Crippen molar-refractivity contribution in [1.29, 1.82) is 0 Å². The van der Waals surface area contributed by atoms with Crippen molar-refractivity contribution in [3.05, 3.63) is 35.1 Å².